The highest BCUT2D eigenvalue weighted by atomic mass is 35.5. The lowest BCUT2D eigenvalue weighted by molar-refractivity contribution is -0.121. The average Bonchev–Trinajstić information content (AvgIpc) is 3.91. The summed E-state index contributed by atoms with van der Waals surface area (Å²) in [5.41, 5.74) is 2.67. The molecule has 2 amide bonds. The molecule has 4 aromatic rings. The van der Waals surface area contributed by atoms with Gasteiger partial charge in [-0.15, -0.1) is 0 Å². The molecule has 69 heavy (non-hydrogen) atoms. The van der Waals surface area contributed by atoms with E-state index in [-0.39, 0.29) is 36.3 Å². The maximum atomic E-state index is 13.3. The number of hydrogen-bond acceptors (Lipinski definition) is 8. The fourth-order valence-corrected chi connectivity index (χ4v) is 9.30. The lowest BCUT2D eigenvalue weighted by atomic mass is 9.66. The summed E-state index contributed by atoms with van der Waals surface area (Å²) in [7, 11) is 1.97. The largest absolute Gasteiger partial charge is 0.489 e. The summed E-state index contributed by atoms with van der Waals surface area (Å²) in [5.74, 6) is 1.37. The molecule has 0 radical (unpaired) electrons. The number of aromatic nitrogens is 3. The summed E-state index contributed by atoms with van der Waals surface area (Å²) in [5, 5.41) is 28.2. The zero-order chi connectivity index (χ0) is 49.2. The second kappa shape index (κ2) is 26.9. The number of ether oxygens (including phenoxy) is 1. The van der Waals surface area contributed by atoms with Gasteiger partial charge in [-0.05, 0) is 122 Å². The quantitative estimate of drug-likeness (QED) is 0.0378. The molecule has 6 rings (SSSR count). The Balaban J connectivity index is 0.878. The summed E-state index contributed by atoms with van der Waals surface area (Å²) in [6.45, 7) is 8.62. The number of hydrogen-bond donors (Lipinski definition) is 3. The molecule has 2 heterocycles. The Morgan fingerprint density at radius 2 is 1.49 bits per heavy atom. The third kappa shape index (κ3) is 15.8. The fourth-order valence-electron chi connectivity index (χ4n) is 8.38. The highest BCUT2D eigenvalue weighted by Gasteiger charge is 2.47. The molecule has 370 valence electrons. The zero-order valence-corrected chi connectivity index (χ0v) is 42.8. The van der Waals surface area contributed by atoms with Crippen molar-refractivity contribution in [2.75, 3.05) is 33.2 Å². The number of unbranched alkanes of at least 4 members (excludes halogenated alkanes) is 1. The van der Waals surface area contributed by atoms with Crippen LogP contribution < -0.4 is 15.4 Å². The Kier molecular flexibility index (Phi) is 20.8. The molecular weight excluding hydrogens is 931 g/mol. The topological polar surface area (TPSA) is 135 Å². The molecule has 0 saturated heterocycles. The van der Waals surface area contributed by atoms with Gasteiger partial charge in [0.1, 0.15) is 29.5 Å². The van der Waals surface area contributed by atoms with Crippen LogP contribution in [0.5, 0.6) is 5.75 Å². The molecule has 0 unspecified atom stereocenters. The van der Waals surface area contributed by atoms with Crippen LogP contribution in [0, 0.1) is 0 Å². The van der Waals surface area contributed by atoms with Crippen molar-refractivity contribution in [1.29, 1.82) is 0 Å². The Morgan fingerprint density at radius 3 is 2.10 bits per heavy atom. The second-order valence-electron chi connectivity index (χ2n) is 18.3. The zero-order valence-electron chi connectivity index (χ0n) is 40.6. The van der Waals surface area contributed by atoms with Gasteiger partial charge in [-0.25, -0.2) is 0 Å². The number of benzene rings is 2. The van der Waals surface area contributed by atoms with Gasteiger partial charge in [-0.3, -0.25) is 14.3 Å². The van der Waals surface area contributed by atoms with Crippen molar-refractivity contribution in [3.05, 3.63) is 147 Å². The summed E-state index contributed by atoms with van der Waals surface area (Å²) in [6.07, 6.45) is 31.8. The van der Waals surface area contributed by atoms with E-state index in [1.165, 1.54) is 0 Å². The molecule has 3 N–H and O–H groups in total. The first-order chi connectivity index (χ1) is 33.4. The minimum absolute atomic E-state index is 0.00925. The summed E-state index contributed by atoms with van der Waals surface area (Å²) in [4.78, 5) is 27.8. The molecule has 11 nitrogen and oxygen atoms in total. The lowest BCUT2D eigenvalue weighted by Crippen LogP contribution is -2.41. The number of aliphatic hydroxyl groups is 1. The van der Waals surface area contributed by atoms with Crippen molar-refractivity contribution in [1.82, 2.24) is 30.5 Å². The van der Waals surface area contributed by atoms with E-state index >= 15 is 0 Å². The first-order valence-corrected chi connectivity index (χ1v) is 25.7. The van der Waals surface area contributed by atoms with E-state index in [1.807, 2.05) is 43.8 Å². The van der Waals surface area contributed by atoms with Gasteiger partial charge in [0, 0.05) is 67.3 Å². The number of allylic oxidation sites excluding steroid dienone is 10. The van der Waals surface area contributed by atoms with Crippen LogP contribution in [0.25, 0.3) is 11.3 Å². The van der Waals surface area contributed by atoms with E-state index in [0.717, 1.165) is 74.8 Å². The van der Waals surface area contributed by atoms with E-state index in [1.54, 1.807) is 24.3 Å². The Morgan fingerprint density at radius 1 is 0.870 bits per heavy atom. The van der Waals surface area contributed by atoms with E-state index in [4.69, 9.17) is 44.1 Å². The van der Waals surface area contributed by atoms with Crippen molar-refractivity contribution < 1.29 is 24.0 Å². The summed E-state index contributed by atoms with van der Waals surface area (Å²) < 4.78 is 13.9. The van der Waals surface area contributed by atoms with Crippen LogP contribution in [0.4, 0.5) is 0 Å². The van der Waals surface area contributed by atoms with Crippen LogP contribution in [0.2, 0.25) is 15.1 Å². The van der Waals surface area contributed by atoms with Gasteiger partial charge < -0.3 is 29.9 Å². The Hall–Kier alpha value is -4.91. The fraction of sp³-hybridized carbons (Fsp3) is 0.455. The number of likely N-dealkylation sites (N-methyl/N-ethyl adjacent to an activating group) is 1. The third-order valence-corrected chi connectivity index (χ3v) is 13.3. The minimum Gasteiger partial charge on any atom is -0.489 e. The molecule has 0 aliphatic heterocycles. The summed E-state index contributed by atoms with van der Waals surface area (Å²) in [6, 6.07) is 12.5. The predicted molar refractivity (Wildman–Crippen MR) is 279 cm³/mol. The molecule has 2 aromatic heterocycles. The van der Waals surface area contributed by atoms with Gasteiger partial charge in [-0.2, -0.15) is 5.10 Å². The van der Waals surface area contributed by atoms with Crippen LogP contribution in [0.1, 0.15) is 149 Å². The van der Waals surface area contributed by atoms with Crippen LogP contribution in [0.3, 0.4) is 0 Å². The standard InChI is InChI=1S/C55H69Cl3N6O5/c1-5-6-7-8-9-10-11-12-13-14-15-16-17-18-19-20-21-25-50(65)59-30-32-63(4)33-31-60-54(66)48-35-49(64(61-48)39(2)3)41-36-55(67,37-41)44-29-28-42(34-47(44)58)68-38-43-52(62-69-53(43)40-26-27-40)51-45(56)23-22-24-46(51)57/h6-7,9-10,12-13,15-16,18-19,22-24,28-29,34-35,39-41,67H,5,8,11,14,17,20-21,25-27,30-33,36-38H2,1-4H3,(H,59,65)(H,60,66)/b7-6-,10-9-,13-12-,16-15-,19-18-. The smallest absolute Gasteiger partial charge is 0.271 e. The number of carbonyl (C=O) groups is 2. The van der Waals surface area contributed by atoms with Crippen molar-refractivity contribution in [2.24, 2.45) is 0 Å². The Labute approximate surface area is 423 Å². The van der Waals surface area contributed by atoms with Crippen molar-refractivity contribution >= 4 is 46.6 Å². The molecular formula is C55H69Cl3N6O5. The molecule has 0 atom stereocenters. The number of nitrogens with one attached hydrogen (secondary N) is 2. The molecule has 14 heteroatoms. The van der Waals surface area contributed by atoms with Gasteiger partial charge in [0.05, 0.1) is 26.2 Å². The van der Waals surface area contributed by atoms with Gasteiger partial charge in [0.15, 0.2) is 0 Å². The maximum absolute atomic E-state index is 13.3. The SMILES string of the molecule is CC/C=C\C/C=C\C/C=C\C/C=C\C/C=C\CCCC(=O)NCCN(C)CCNC(=O)c1cc(C2CC(O)(c3ccc(OCc4c(-c5c(Cl)cccc5Cl)noc4C4CC4)cc3Cl)C2)n(C(C)C)n1. The lowest BCUT2D eigenvalue weighted by Gasteiger charge is -2.44. The van der Waals surface area contributed by atoms with Crippen LogP contribution in [-0.4, -0.2) is 70.0 Å². The first kappa shape index (κ1) is 53.4. The highest BCUT2D eigenvalue weighted by Crippen LogP contribution is 2.53. The van der Waals surface area contributed by atoms with E-state index < -0.39 is 5.60 Å². The molecule has 2 fully saturated rings. The maximum Gasteiger partial charge on any atom is 0.271 e. The predicted octanol–water partition coefficient (Wildman–Crippen LogP) is 13.0. The minimum atomic E-state index is -1.16. The van der Waals surface area contributed by atoms with Gasteiger partial charge in [0.2, 0.25) is 5.91 Å². The molecule has 2 saturated carbocycles. The molecule has 0 bridgehead atoms. The number of rotatable bonds is 28. The normalized spacial score (nSPS) is 17.4. The van der Waals surface area contributed by atoms with Gasteiger partial charge in [-0.1, -0.05) is 120 Å². The van der Waals surface area contributed by atoms with E-state index in [0.29, 0.717) is 88.8 Å². The number of carbonyl (C=O) groups excluding carboxylic acids is 2. The second-order valence-corrected chi connectivity index (χ2v) is 19.5. The molecule has 0 spiro atoms. The number of nitrogens with zero attached hydrogens (tertiary/aromatic N) is 4. The average molecular weight is 1000 g/mol. The first-order valence-electron chi connectivity index (χ1n) is 24.5. The molecule has 2 aliphatic rings. The molecule has 2 aliphatic carbocycles. The Bertz CT molecular complexity index is 2440. The van der Waals surface area contributed by atoms with Crippen LogP contribution in [0.15, 0.2) is 108 Å². The van der Waals surface area contributed by atoms with Crippen molar-refractivity contribution in [2.45, 2.75) is 128 Å². The summed E-state index contributed by atoms with van der Waals surface area (Å²) >= 11 is 19.9. The van der Waals surface area contributed by atoms with Gasteiger partial charge in [0.25, 0.3) is 5.91 Å². The number of amides is 2. The molecule has 2 aromatic carbocycles. The van der Waals surface area contributed by atoms with Crippen LogP contribution in [-0.2, 0) is 17.0 Å². The van der Waals surface area contributed by atoms with Crippen molar-refractivity contribution in [3.63, 3.8) is 0 Å². The van der Waals surface area contributed by atoms with E-state index in [9.17, 15) is 14.7 Å². The third-order valence-electron chi connectivity index (χ3n) is 12.4. The highest BCUT2D eigenvalue weighted by molar-refractivity contribution is 6.39. The van der Waals surface area contributed by atoms with Gasteiger partial charge >= 0.3 is 0 Å². The van der Waals surface area contributed by atoms with E-state index in [2.05, 4.69) is 93.5 Å². The number of halogens is 3. The monoisotopic (exact) mass is 998 g/mol. The van der Waals surface area contributed by atoms with Crippen LogP contribution >= 0.6 is 34.8 Å². The van der Waals surface area contributed by atoms with Crippen molar-refractivity contribution in [3.8, 4) is 17.0 Å².